The van der Waals surface area contributed by atoms with Gasteiger partial charge in [0.05, 0.1) is 6.54 Å². The first-order chi connectivity index (χ1) is 9.06. The first-order valence-electron chi connectivity index (χ1n) is 6.43. The Balaban J connectivity index is 2.02. The van der Waals surface area contributed by atoms with Crippen LogP contribution in [0, 0.1) is 12.8 Å². The van der Waals surface area contributed by atoms with E-state index in [0.29, 0.717) is 12.5 Å². The number of aromatic nitrogens is 3. The Morgan fingerprint density at radius 2 is 2.16 bits per heavy atom. The Morgan fingerprint density at radius 3 is 2.84 bits per heavy atom. The minimum atomic E-state index is 0.564. The van der Waals surface area contributed by atoms with Crippen LogP contribution in [0.2, 0.25) is 0 Å². The zero-order valence-electron chi connectivity index (χ0n) is 11.5. The number of nitrogens with zero attached hydrogens (tertiary/aromatic N) is 3. The molecule has 102 valence electrons. The van der Waals surface area contributed by atoms with Crippen molar-refractivity contribution in [3.63, 3.8) is 0 Å². The Labute approximate surface area is 122 Å². The maximum Gasteiger partial charge on any atom is 0.146 e. The highest BCUT2D eigenvalue weighted by atomic mass is 79.9. The fourth-order valence-electron chi connectivity index (χ4n) is 1.81. The molecule has 2 rings (SSSR count). The smallest absolute Gasteiger partial charge is 0.146 e. The van der Waals surface area contributed by atoms with Crippen molar-refractivity contribution in [1.82, 2.24) is 14.8 Å². The predicted octanol–water partition coefficient (Wildman–Crippen LogP) is 3.62. The summed E-state index contributed by atoms with van der Waals surface area (Å²) in [6, 6.07) is 6.24. The SMILES string of the molecule is Cc1ccc(NCc2ncnn2CC(C)C)cc1Br. The number of hydrogen-bond acceptors (Lipinski definition) is 3. The first-order valence-corrected chi connectivity index (χ1v) is 7.22. The highest BCUT2D eigenvalue weighted by Gasteiger charge is 2.06. The first kappa shape index (κ1) is 14.1. The third kappa shape index (κ3) is 3.80. The molecule has 2 aromatic rings. The van der Waals surface area contributed by atoms with E-state index in [0.717, 1.165) is 22.5 Å². The van der Waals surface area contributed by atoms with E-state index < -0.39 is 0 Å². The summed E-state index contributed by atoms with van der Waals surface area (Å²) >= 11 is 3.54. The second-order valence-corrected chi connectivity index (χ2v) is 5.92. The average molecular weight is 323 g/mol. The molecule has 0 atom stereocenters. The van der Waals surface area contributed by atoms with Gasteiger partial charge in [-0.1, -0.05) is 35.8 Å². The maximum atomic E-state index is 4.30. The Hall–Kier alpha value is -1.36. The molecule has 0 unspecified atom stereocenters. The van der Waals surface area contributed by atoms with Gasteiger partial charge in [-0.3, -0.25) is 0 Å². The number of halogens is 1. The fourth-order valence-corrected chi connectivity index (χ4v) is 2.19. The summed E-state index contributed by atoms with van der Waals surface area (Å²) < 4.78 is 3.07. The molecule has 0 fully saturated rings. The highest BCUT2D eigenvalue weighted by molar-refractivity contribution is 9.10. The van der Waals surface area contributed by atoms with Gasteiger partial charge < -0.3 is 5.32 Å². The summed E-state index contributed by atoms with van der Waals surface area (Å²) in [5, 5.41) is 7.63. The molecule has 1 N–H and O–H groups in total. The second kappa shape index (κ2) is 6.19. The van der Waals surface area contributed by atoms with Crippen LogP contribution >= 0.6 is 15.9 Å². The average Bonchev–Trinajstić information content (AvgIpc) is 2.77. The molecule has 1 aromatic heterocycles. The lowest BCUT2D eigenvalue weighted by molar-refractivity contribution is 0.468. The molecule has 0 aliphatic carbocycles. The van der Waals surface area contributed by atoms with Crippen molar-refractivity contribution in [3.8, 4) is 0 Å². The molecule has 1 aromatic carbocycles. The van der Waals surface area contributed by atoms with Gasteiger partial charge in [-0.25, -0.2) is 9.67 Å². The van der Waals surface area contributed by atoms with Crippen LogP contribution in [0.4, 0.5) is 5.69 Å². The minimum absolute atomic E-state index is 0.564. The number of hydrogen-bond donors (Lipinski definition) is 1. The lowest BCUT2D eigenvalue weighted by Crippen LogP contribution is -2.13. The predicted molar refractivity (Wildman–Crippen MR) is 81.1 cm³/mol. The fraction of sp³-hybridized carbons (Fsp3) is 0.429. The van der Waals surface area contributed by atoms with Crippen LogP contribution in [-0.2, 0) is 13.1 Å². The second-order valence-electron chi connectivity index (χ2n) is 5.07. The van der Waals surface area contributed by atoms with Gasteiger partial charge in [0.1, 0.15) is 12.2 Å². The van der Waals surface area contributed by atoms with Gasteiger partial charge in [0.15, 0.2) is 0 Å². The van der Waals surface area contributed by atoms with E-state index in [9.17, 15) is 0 Å². The molecule has 0 spiro atoms. The van der Waals surface area contributed by atoms with Crippen LogP contribution in [0.1, 0.15) is 25.2 Å². The molecule has 0 aliphatic heterocycles. The lowest BCUT2D eigenvalue weighted by Gasteiger charge is -2.10. The number of anilines is 1. The van der Waals surface area contributed by atoms with E-state index in [-0.39, 0.29) is 0 Å². The number of aryl methyl sites for hydroxylation is 1. The Morgan fingerprint density at radius 1 is 1.37 bits per heavy atom. The summed E-state index contributed by atoms with van der Waals surface area (Å²) in [6.07, 6.45) is 1.62. The van der Waals surface area contributed by atoms with Gasteiger partial charge in [0, 0.05) is 16.7 Å². The van der Waals surface area contributed by atoms with Gasteiger partial charge >= 0.3 is 0 Å². The Kier molecular flexibility index (Phi) is 4.58. The molecule has 0 aliphatic rings. The van der Waals surface area contributed by atoms with E-state index >= 15 is 0 Å². The van der Waals surface area contributed by atoms with Gasteiger partial charge in [0.25, 0.3) is 0 Å². The monoisotopic (exact) mass is 322 g/mol. The van der Waals surface area contributed by atoms with Crippen molar-refractivity contribution in [2.45, 2.75) is 33.9 Å². The van der Waals surface area contributed by atoms with Crippen LogP contribution in [0.3, 0.4) is 0 Å². The summed E-state index contributed by atoms with van der Waals surface area (Å²) in [5.41, 5.74) is 2.31. The molecular weight excluding hydrogens is 304 g/mol. The van der Waals surface area contributed by atoms with E-state index in [2.05, 4.69) is 70.3 Å². The molecule has 1 heterocycles. The van der Waals surface area contributed by atoms with Gasteiger partial charge in [0.2, 0.25) is 0 Å². The zero-order chi connectivity index (χ0) is 13.8. The van der Waals surface area contributed by atoms with E-state index in [1.165, 1.54) is 5.56 Å². The number of nitrogens with one attached hydrogen (secondary N) is 1. The quantitative estimate of drug-likeness (QED) is 0.914. The van der Waals surface area contributed by atoms with Crippen molar-refractivity contribution < 1.29 is 0 Å². The maximum absolute atomic E-state index is 4.30. The van der Waals surface area contributed by atoms with Crippen molar-refractivity contribution in [1.29, 1.82) is 0 Å². The van der Waals surface area contributed by atoms with Crippen LogP contribution in [-0.4, -0.2) is 14.8 Å². The summed E-state index contributed by atoms with van der Waals surface area (Å²) in [5.74, 6) is 1.53. The highest BCUT2D eigenvalue weighted by Crippen LogP contribution is 2.20. The van der Waals surface area contributed by atoms with E-state index in [4.69, 9.17) is 0 Å². The standard InChI is InChI=1S/C14H19BrN4/c1-10(2)8-19-14(17-9-18-19)7-16-12-5-4-11(3)13(15)6-12/h4-6,9-10,16H,7-8H2,1-3H3. The topological polar surface area (TPSA) is 42.7 Å². The third-order valence-corrected chi connectivity index (χ3v) is 3.71. The Bertz CT molecular complexity index is 548. The van der Waals surface area contributed by atoms with Crippen molar-refractivity contribution in [3.05, 3.63) is 40.4 Å². The van der Waals surface area contributed by atoms with Gasteiger partial charge in [-0.05, 0) is 30.5 Å². The molecule has 0 bridgehead atoms. The van der Waals surface area contributed by atoms with Gasteiger partial charge in [-0.2, -0.15) is 5.10 Å². The van der Waals surface area contributed by atoms with E-state index in [1.54, 1.807) is 6.33 Å². The minimum Gasteiger partial charge on any atom is -0.378 e. The largest absolute Gasteiger partial charge is 0.378 e. The van der Waals surface area contributed by atoms with Crippen LogP contribution in [0.15, 0.2) is 29.0 Å². The molecular formula is C14H19BrN4. The summed E-state index contributed by atoms with van der Waals surface area (Å²) in [4.78, 5) is 4.30. The summed E-state index contributed by atoms with van der Waals surface area (Å²) in [7, 11) is 0. The van der Waals surface area contributed by atoms with Crippen LogP contribution < -0.4 is 5.32 Å². The lowest BCUT2D eigenvalue weighted by atomic mass is 10.2. The number of rotatable bonds is 5. The molecule has 19 heavy (non-hydrogen) atoms. The van der Waals surface area contributed by atoms with Crippen LogP contribution in [0.25, 0.3) is 0 Å². The third-order valence-electron chi connectivity index (χ3n) is 2.86. The van der Waals surface area contributed by atoms with Crippen molar-refractivity contribution in [2.24, 2.45) is 5.92 Å². The van der Waals surface area contributed by atoms with Crippen molar-refractivity contribution in [2.75, 3.05) is 5.32 Å². The molecule has 0 saturated heterocycles. The van der Waals surface area contributed by atoms with Crippen molar-refractivity contribution >= 4 is 21.6 Å². The van der Waals surface area contributed by atoms with Crippen LogP contribution in [0.5, 0.6) is 0 Å². The molecule has 0 saturated carbocycles. The van der Waals surface area contributed by atoms with E-state index in [1.807, 2.05) is 4.68 Å². The number of benzene rings is 1. The molecule has 0 radical (unpaired) electrons. The van der Waals surface area contributed by atoms with Gasteiger partial charge in [-0.15, -0.1) is 0 Å². The molecule has 5 heteroatoms. The molecule has 4 nitrogen and oxygen atoms in total. The normalized spacial score (nSPS) is 11.0. The molecule has 0 amide bonds. The zero-order valence-corrected chi connectivity index (χ0v) is 13.1. The summed E-state index contributed by atoms with van der Waals surface area (Å²) in [6.45, 7) is 8.01.